The second kappa shape index (κ2) is 10.5. The van der Waals surface area contributed by atoms with E-state index in [0.717, 1.165) is 0 Å². The summed E-state index contributed by atoms with van der Waals surface area (Å²) in [7, 11) is 0. The number of carbonyl (C=O) groups excluding carboxylic acids is 5. The average Bonchev–Trinajstić information content (AvgIpc) is 3.09. The number of hydrogen-bond donors (Lipinski definition) is 4. The largest absolute Gasteiger partial charge is 0.370 e. The predicted octanol–water partition coefficient (Wildman–Crippen LogP) is 1.32. The number of fused-ring (bicyclic) bond motifs is 1. The summed E-state index contributed by atoms with van der Waals surface area (Å²) in [5.74, 6) is -1.62. The van der Waals surface area contributed by atoms with E-state index < -0.39 is 29.4 Å². The summed E-state index contributed by atoms with van der Waals surface area (Å²) in [5.41, 5.74) is 4.56. The molecule has 5 amide bonds. The number of piperidine rings is 1. The van der Waals surface area contributed by atoms with Crippen LogP contribution in [0.2, 0.25) is 0 Å². The van der Waals surface area contributed by atoms with Crippen LogP contribution in [0.4, 0.5) is 0 Å². The van der Waals surface area contributed by atoms with Crippen LogP contribution in [-0.2, 0) is 24.0 Å². The van der Waals surface area contributed by atoms with Gasteiger partial charge in [0.1, 0.15) is 12.1 Å². The summed E-state index contributed by atoms with van der Waals surface area (Å²) in [6.07, 6.45) is 1.14. The van der Waals surface area contributed by atoms with Gasteiger partial charge in [0.2, 0.25) is 29.5 Å². The minimum atomic E-state index is -0.795. The first-order chi connectivity index (χ1) is 17.3. The van der Waals surface area contributed by atoms with Crippen LogP contribution >= 0.6 is 0 Å². The van der Waals surface area contributed by atoms with Crippen LogP contribution in [0, 0.1) is 34.0 Å². The molecule has 3 fully saturated rings. The van der Waals surface area contributed by atoms with Gasteiger partial charge in [-0.05, 0) is 40.9 Å². The average molecular weight is 534 g/mol. The highest BCUT2D eigenvalue weighted by Crippen LogP contribution is 2.65. The van der Waals surface area contributed by atoms with Crippen LogP contribution < -0.4 is 21.7 Å². The van der Waals surface area contributed by atoms with E-state index in [2.05, 4.69) is 29.8 Å². The van der Waals surface area contributed by atoms with Crippen molar-refractivity contribution >= 4 is 29.5 Å². The molecule has 0 aromatic heterocycles. The molecule has 2 saturated heterocycles. The molecule has 0 radical (unpaired) electrons. The lowest BCUT2D eigenvalue weighted by atomic mass is 9.84. The van der Waals surface area contributed by atoms with Gasteiger partial charge in [-0.3, -0.25) is 24.0 Å². The molecule has 10 nitrogen and oxygen atoms in total. The highest BCUT2D eigenvalue weighted by molar-refractivity contribution is 5.94. The molecule has 0 aromatic rings. The van der Waals surface area contributed by atoms with Crippen molar-refractivity contribution in [1.29, 1.82) is 0 Å². The molecule has 3 rings (SSSR count). The molecule has 10 heteroatoms. The third-order valence-electron chi connectivity index (χ3n) is 8.40. The van der Waals surface area contributed by atoms with Crippen LogP contribution in [0.3, 0.4) is 0 Å². The Morgan fingerprint density at radius 2 is 1.74 bits per heavy atom. The number of primary amides is 1. The number of hydrogen-bond acceptors (Lipinski definition) is 5. The zero-order valence-corrected chi connectivity index (χ0v) is 24.3. The third-order valence-corrected chi connectivity index (χ3v) is 8.40. The maximum absolute atomic E-state index is 14.0. The smallest absolute Gasteiger partial charge is 0.246 e. The second-order valence-electron chi connectivity index (χ2n) is 14.4. The number of likely N-dealkylation sites (tertiary alicyclic amines) is 1. The molecular weight excluding hydrogens is 486 g/mol. The van der Waals surface area contributed by atoms with Crippen molar-refractivity contribution in [2.45, 2.75) is 99.2 Å². The minimum Gasteiger partial charge on any atom is -0.370 e. The van der Waals surface area contributed by atoms with Gasteiger partial charge in [-0.15, -0.1) is 0 Å². The van der Waals surface area contributed by atoms with Gasteiger partial charge in [0, 0.05) is 37.9 Å². The molecular formula is C28H47N5O5. The first-order valence-electron chi connectivity index (χ1n) is 13.8. The Hall–Kier alpha value is -2.65. The Morgan fingerprint density at radius 3 is 2.24 bits per heavy atom. The van der Waals surface area contributed by atoms with Gasteiger partial charge in [-0.2, -0.15) is 0 Å². The van der Waals surface area contributed by atoms with E-state index in [1.807, 2.05) is 41.5 Å². The summed E-state index contributed by atoms with van der Waals surface area (Å²) >= 11 is 0. The second-order valence-corrected chi connectivity index (χ2v) is 14.4. The fourth-order valence-electron chi connectivity index (χ4n) is 6.26. The van der Waals surface area contributed by atoms with E-state index in [-0.39, 0.29) is 65.1 Å². The molecule has 2 aliphatic heterocycles. The summed E-state index contributed by atoms with van der Waals surface area (Å²) in [6.45, 7) is 16.8. The normalized spacial score (nSPS) is 27.7. The SMILES string of the molecule is CC(C)(C)CC(=O)N[C@H](C(=O)N1C[C@H]2[C@@H]([C@H]1C(=O)NC(CC(N)=O)C[C@@H]1CCNC1=O)C2(C)C)C(C)(C)C. The van der Waals surface area contributed by atoms with E-state index in [0.29, 0.717) is 25.9 Å². The van der Waals surface area contributed by atoms with E-state index in [1.165, 1.54) is 0 Å². The summed E-state index contributed by atoms with van der Waals surface area (Å²) in [4.78, 5) is 66.1. The Bertz CT molecular complexity index is 979. The molecule has 0 spiro atoms. The maximum atomic E-state index is 14.0. The van der Waals surface area contributed by atoms with Crippen molar-refractivity contribution in [3.05, 3.63) is 0 Å². The van der Waals surface area contributed by atoms with Gasteiger partial charge >= 0.3 is 0 Å². The molecule has 1 aliphatic carbocycles. The highest BCUT2D eigenvalue weighted by Gasteiger charge is 2.69. The fourth-order valence-corrected chi connectivity index (χ4v) is 6.26. The lowest BCUT2D eigenvalue weighted by Crippen LogP contribution is -2.60. The summed E-state index contributed by atoms with van der Waals surface area (Å²) in [6, 6.07) is -2.12. The zero-order chi connectivity index (χ0) is 28.8. The number of nitrogens with one attached hydrogen (secondary N) is 3. The number of nitrogens with zero attached hydrogens (tertiary/aromatic N) is 1. The Balaban J connectivity index is 1.82. The lowest BCUT2D eigenvalue weighted by molar-refractivity contribution is -0.146. The van der Waals surface area contributed by atoms with Gasteiger partial charge in [-0.25, -0.2) is 0 Å². The maximum Gasteiger partial charge on any atom is 0.246 e. The molecule has 38 heavy (non-hydrogen) atoms. The van der Waals surface area contributed by atoms with Crippen molar-refractivity contribution in [1.82, 2.24) is 20.9 Å². The van der Waals surface area contributed by atoms with E-state index in [9.17, 15) is 24.0 Å². The number of amides is 5. The number of rotatable bonds is 9. The predicted molar refractivity (Wildman–Crippen MR) is 143 cm³/mol. The Labute approximate surface area is 226 Å². The van der Waals surface area contributed by atoms with Gasteiger partial charge in [0.15, 0.2) is 0 Å². The van der Waals surface area contributed by atoms with E-state index in [1.54, 1.807) is 4.90 Å². The Kier molecular flexibility index (Phi) is 8.25. The molecule has 6 atom stereocenters. The van der Waals surface area contributed by atoms with Crippen LogP contribution in [0.5, 0.6) is 0 Å². The van der Waals surface area contributed by atoms with Gasteiger partial charge in [-0.1, -0.05) is 55.4 Å². The molecule has 5 N–H and O–H groups in total. The van der Waals surface area contributed by atoms with Crippen LogP contribution in [0.1, 0.15) is 81.1 Å². The van der Waals surface area contributed by atoms with Gasteiger partial charge in [0.05, 0.1) is 0 Å². The van der Waals surface area contributed by atoms with Crippen molar-refractivity contribution in [2.24, 2.45) is 39.7 Å². The van der Waals surface area contributed by atoms with Crippen molar-refractivity contribution < 1.29 is 24.0 Å². The molecule has 0 bridgehead atoms. The Morgan fingerprint density at radius 1 is 1.11 bits per heavy atom. The summed E-state index contributed by atoms with van der Waals surface area (Å²) < 4.78 is 0. The first-order valence-corrected chi connectivity index (χ1v) is 13.8. The number of nitrogens with two attached hydrogens (primary N) is 1. The highest BCUT2D eigenvalue weighted by atomic mass is 16.2. The molecule has 214 valence electrons. The zero-order valence-electron chi connectivity index (χ0n) is 24.3. The molecule has 3 aliphatic rings. The minimum absolute atomic E-state index is 0.0265. The number of carbonyl (C=O) groups is 5. The molecule has 0 aromatic carbocycles. The lowest BCUT2D eigenvalue weighted by Gasteiger charge is -2.38. The van der Waals surface area contributed by atoms with Crippen molar-refractivity contribution in [2.75, 3.05) is 13.1 Å². The van der Waals surface area contributed by atoms with E-state index >= 15 is 0 Å². The summed E-state index contributed by atoms with van der Waals surface area (Å²) in [5, 5.41) is 8.70. The topological polar surface area (TPSA) is 151 Å². The fraction of sp³-hybridized carbons (Fsp3) is 0.821. The van der Waals surface area contributed by atoms with E-state index in [4.69, 9.17) is 5.73 Å². The molecule has 2 heterocycles. The molecule has 1 saturated carbocycles. The third kappa shape index (κ3) is 6.67. The van der Waals surface area contributed by atoms with Gasteiger partial charge < -0.3 is 26.6 Å². The quantitative estimate of drug-likeness (QED) is 0.352. The van der Waals surface area contributed by atoms with Crippen LogP contribution in [-0.4, -0.2) is 65.7 Å². The monoisotopic (exact) mass is 533 g/mol. The van der Waals surface area contributed by atoms with Gasteiger partial charge in [0.25, 0.3) is 0 Å². The van der Waals surface area contributed by atoms with Crippen LogP contribution in [0.15, 0.2) is 0 Å². The van der Waals surface area contributed by atoms with Crippen LogP contribution in [0.25, 0.3) is 0 Å². The standard InChI is InChI=1S/C28H47N5O5/c1-26(2,3)13-19(35)32-22(27(4,5)6)25(38)33-14-17-20(28(17,7)8)21(33)24(37)31-16(12-18(29)34)11-15-9-10-30-23(15)36/h15-17,20-22H,9-14H2,1-8H3,(H2,29,34)(H,30,36)(H,31,37)(H,32,35)/t15-,16?,17-,20-,21-,22+/m0/s1. The first kappa shape index (κ1) is 29.9. The van der Waals surface area contributed by atoms with Crippen molar-refractivity contribution in [3.8, 4) is 0 Å². The van der Waals surface area contributed by atoms with Crippen molar-refractivity contribution in [3.63, 3.8) is 0 Å². The molecule has 1 unspecified atom stereocenters.